The van der Waals surface area contributed by atoms with E-state index in [0.29, 0.717) is 5.69 Å². The normalized spacial score (nSPS) is 10.2. The van der Waals surface area contributed by atoms with Gasteiger partial charge in [0.15, 0.2) is 11.5 Å². The van der Waals surface area contributed by atoms with Gasteiger partial charge in [-0.3, -0.25) is 5.10 Å². The summed E-state index contributed by atoms with van der Waals surface area (Å²) >= 11 is 0. The minimum absolute atomic E-state index is 0.00639. The molecule has 2 aromatic rings. The van der Waals surface area contributed by atoms with Crippen LogP contribution in [0.1, 0.15) is 17.5 Å². The first-order chi connectivity index (χ1) is 8.22. The third-order valence-electron chi connectivity index (χ3n) is 1.89. The van der Waals surface area contributed by atoms with Gasteiger partial charge in [0, 0.05) is 12.4 Å². The first kappa shape index (κ1) is 11.0. The second-order valence-electron chi connectivity index (χ2n) is 3.02. The molecule has 0 unspecified atom stereocenters. The Kier molecular flexibility index (Phi) is 2.95. The van der Waals surface area contributed by atoms with Crippen LogP contribution in [-0.4, -0.2) is 37.7 Å². The lowest BCUT2D eigenvalue weighted by molar-refractivity contribution is 0.0512. The van der Waals surface area contributed by atoms with Gasteiger partial charge in [-0.2, -0.15) is 10.1 Å². The van der Waals surface area contributed by atoms with Gasteiger partial charge in [0.05, 0.1) is 6.61 Å². The fraction of sp³-hybridized carbons (Fsp3) is 0.222. The van der Waals surface area contributed by atoms with E-state index in [1.54, 1.807) is 6.92 Å². The summed E-state index contributed by atoms with van der Waals surface area (Å²) in [5, 5.41) is 6.29. The smallest absolute Gasteiger partial charge is 0.375 e. The molecule has 0 aliphatic heterocycles. The molecule has 17 heavy (non-hydrogen) atoms. The van der Waals surface area contributed by atoms with E-state index in [1.165, 1.54) is 12.4 Å². The van der Waals surface area contributed by atoms with E-state index in [9.17, 15) is 4.79 Å². The van der Waals surface area contributed by atoms with Crippen LogP contribution >= 0.6 is 0 Å². The summed E-state index contributed by atoms with van der Waals surface area (Å²) in [7, 11) is 0. The van der Waals surface area contributed by atoms with Crippen molar-refractivity contribution >= 4 is 11.8 Å². The molecule has 0 aliphatic rings. The Labute approximate surface area is 96.3 Å². The van der Waals surface area contributed by atoms with Crippen LogP contribution in [0.2, 0.25) is 0 Å². The maximum atomic E-state index is 11.4. The Balaban J connectivity index is 2.30. The van der Waals surface area contributed by atoms with E-state index in [4.69, 9.17) is 10.5 Å². The Hall–Kier alpha value is -2.51. The van der Waals surface area contributed by atoms with Gasteiger partial charge in [-0.15, -0.1) is 0 Å². The number of H-pyrrole nitrogens is 1. The van der Waals surface area contributed by atoms with Gasteiger partial charge in [-0.25, -0.2) is 14.8 Å². The monoisotopic (exact) mass is 234 g/mol. The Morgan fingerprint density at radius 1 is 1.47 bits per heavy atom. The highest BCUT2D eigenvalue weighted by atomic mass is 16.5. The topological polar surface area (TPSA) is 120 Å². The number of nitrogens with zero attached hydrogens (tertiary/aromatic N) is 4. The molecule has 3 N–H and O–H groups in total. The van der Waals surface area contributed by atoms with Gasteiger partial charge in [-0.1, -0.05) is 0 Å². The molecule has 0 saturated heterocycles. The average molecular weight is 234 g/mol. The van der Waals surface area contributed by atoms with E-state index in [-0.39, 0.29) is 24.1 Å². The number of hydrogen-bond acceptors (Lipinski definition) is 7. The predicted molar refractivity (Wildman–Crippen MR) is 57.8 cm³/mol. The van der Waals surface area contributed by atoms with Crippen molar-refractivity contribution in [2.24, 2.45) is 0 Å². The van der Waals surface area contributed by atoms with Crippen molar-refractivity contribution in [2.45, 2.75) is 6.92 Å². The highest BCUT2D eigenvalue weighted by molar-refractivity contribution is 5.85. The number of hydrogen-bond donors (Lipinski definition) is 2. The van der Waals surface area contributed by atoms with Crippen LogP contribution in [-0.2, 0) is 4.74 Å². The molecule has 8 heteroatoms. The third-order valence-corrected chi connectivity index (χ3v) is 1.89. The molecule has 2 aromatic heterocycles. The number of nitrogens with two attached hydrogens (primary N) is 1. The first-order valence-corrected chi connectivity index (χ1v) is 4.88. The van der Waals surface area contributed by atoms with E-state index < -0.39 is 5.97 Å². The van der Waals surface area contributed by atoms with Crippen molar-refractivity contribution in [1.82, 2.24) is 25.1 Å². The van der Waals surface area contributed by atoms with Crippen molar-refractivity contribution in [1.29, 1.82) is 0 Å². The summed E-state index contributed by atoms with van der Waals surface area (Å²) in [5.41, 5.74) is 5.93. The Morgan fingerprint density at radius 3 is 2.94 bits per heavy atom. The summed E-state index contributed by atoms with van der Waals surface area (Å²) in [6.07, 6.45) is 2.92. The lowest BCUT2D eigenvalue weighted by Crippen LogP contribution is -2.06. The highest BCUT2D eigenvalue weighted by Gasteiger charge is 2.16. The summed E-state index contributed by atoms with van der Waals surface area (Å²) in [6.45, 7) is 1.97. The molecule has 0 spiro atoms. The van der Waals surface area contributed by atoms with Crippen molar-refractivity contribution in [2.75, 3.05) is 12.3 Å². The summed E-state index contributed by atoms with van der Waals surface area (Å²) in [5.74, 6) is -0.166. The minimum atomic E-state index is -0.575. The maximum Gasteiger partial charge on any atom is 0.375 e. The van der Waals surface area contributed by atoms with E-state index in [2.05, 4.69) is 25.1 Å². The average Bonchev–Trinajstić information content (AvgIpc) is 2.79. The van der Waals surface area contributed by atoms with Crippen molar-refractivity contribution < 1.29 is 9.53 Å². The maximum absolute atomic E-state index is 11.4. The summed E-state index contributed by atoms with van der Waals surface area (Å²) in [6, 6.07) is 0. The second-order valence-corrected chi connectivity index (χ2v) is 3.02. The lowest BCUT2D eigenvalue weighted by atomic mass is 10.4. The molecule has 2 heterocycles. The van der Waals surface area contributed by atoms with E-state index >= 15 is 0 Å². The number of anilines is 1. The second kappa shape index (κ2) is 4.56. The van der Waals surface area contributed by atoms with Gasteiger partial charge >= 0.3 is 5.97 Å². The zero-order valence-corrected chi connectivity index (χ0v) is 9.04. The molecule has 0 amide bonds. The van der Waals surface area contributed by atoms with Crippen LogP contribution in [0.15, 0.2) is 12.4 Å². The number of carbonyl (C=O) groups is 1. The molecule has 0 radical (unpaired) electrons. The molecule has 0 aliphatic carbocycles. The molecule has 8 nitrogen and oxygen atoms in total. The number of carbonyl (C=O) groups excluding carboxylic acids is 1. The molecule has 0 saturated carbocycles. The zero-order valence-electron chi connectivity index (χ0n) is 9.04. The quantitative estimate of drug-likeness (QED) is 0.718. The number of aromatic nitrogens is 5. The molecule has 0 fully saturated rings. The van der Waals surface area contributed by atoms with Crippen molar-refractivity contribution in [3.63, 3.8) is 0 Å². The number of esters is 1. The molecule has 88 valence electrons. The van der Waals surface area contributed by atoms with Crippen molar-refractivity contribution in [3.8, 4) is 11.5 Å². The summed E-state index contributed by atoms with van der Waals surface area (Å²) < 4.78 is 4.77. The first-order valence-electron chi connectivity index (χ1n) is 4.88. The van der Waals surface area contributed by atoms with Gasteiger partial charge in [0.2, 0.25) is 11.6 Å². The van der Waals surface area contributed by atoms with Crippen LogP contribution in [0, 0.1) is 0 Å². The van der Waals surface area contributed by atoms with Gasteiger partial charge in [-0.05, 0) is 6.92 Å². The molecular formula is C9H10N6O2. The Bertz CT molecular complexity index is 538. The van der Waals surface area contributed by atoms with Gasteiger partial charge < -0.3 is 10.5 Å². The van der Waals surface area contributed by atoms with Crippen LogP contribution in [0.5, 0.6) is 0 Å². The number of ether oxygens (including phenoxy) is 1. The van der Waals surface area contributed by atoms with Crippen LogP contribution < -0.4 is 5.73 Å². The highest BCUT2D eigenvalue weighted by Crippen LogP contribution is 2.16. The van der Waals surface area contributed by atoms with Crippen molar-refractivity contribution in [3.05, 3.63) is 18.2 Å². The van der Waals surface area contributed by atoms with Crippen LogP contribution in [0.4, 0.5) is 5.82 Å². The molecule has 0 atom stereocenters. The molecule has 0 aromatic carbocycles. The lowest BCUT2D eigenvalue weighted by Gasteiger charge is -1.97. The number of aromatic amines is 1. The largest absolute Gasteiger partial charge is 0.460 e. The standard InChI is InChI=1S/C9H10N6O2/c1-2-17-9(16)8-13-7(14-15-8)5-6(10)12-4-3-11-5/h3-4H,2H2,1H3,(H2,10,12)(H,13,14,15). The Morgan fingerprint density at radius 2 is 2.24 bits per heavy atom. The molecule has 0 bridgehead atoms. The minimum Gasteiger partial charge on any atom is -0.460 e. The fourth-order valence-electron chi connectivity index (χ4n) is 1.18. The SMILES string of the molecule is CCOC(=O)c1nc(-c2nccnc2N)n[nH]1. The number of rotatable bonds is 3. The molecule has 2 rings (SSSR count). The number of nitrogens with one attached hydrogen (secondary N) is 1. The van der Waals surface area contributed by atoms with Crippen LogP contribution in [0.25, 0.3) is 11.5 Å². The van der Waals surface area contributed by atoms with E-state index in [0.717, 1.165) is 0 Å². The zero-order chi connectivity index (χ0) is 12.3. The van der Waals surface area contributed by atoms with E-state index in [1.807, 2.05) is 0 Å². The van der Waals surface area contributed by atoms with Crippen LogP contribution in [0.3, 0.4) is 0 Å². The third kappa shape index (κ3) is 2.19. The molecular weight excluding hydrogens is 224 g/mol. The number of nitrogen functional groups attached to an aromatic ring is 1. The summed E-state index contributed by atoms with van der Waals surface area (Å²) in [4.78, 5) is 23.1. The van der Waals surface area contributed by atoms with Gasteiger partial charge in [0.25, 0.3) is 0 Å². The predicted octanol–water partition coefficient (Wildman–Crippen LogP) is 0.0206. The van der Waals surface area contributed by atoms with Gasteiger partial charge in [0.1, 0.15) is 0 Å². The fourth-order valence-corrected chi connectivity index (χ4v) is 1.18.